The molecule has 1 saturated heterocycles. The quantitative estimate of drug-likeness (QED) is 0.198. The van der Waals surface area contributed by atoms with Crippen LogP contribution in [0.3, 0.4) is 0 Å². The van der Waals surface area contributed by atoms with Gasteiger partial charge in [-0.3, -0.25) is 0 Å². The molecule has 10 heteroatoms. The molecule has 0 amide bonds. The molecule has 200 valence electrons. The lowest BCUT2D eigenvalue weighted by Gasteiger charge is -2.26. The molecule has 0 aliphatic carbocycles. The van der Waals surface area contributed by atoms with E-state index in [0.717, 1.165) is 42.7 Å². The number of para-hydroxylation sites is 1. The fraction of sp³-hybridized carbons (Fsp3) is 0.241. The van der Waals surface area contributed by atoms with Crippen LogP contribution in [0, 0.1) is 5.82 Å². The number of hydrazone groups is 1. The summed E-state index contributed by atoms with van der Waals surface area (Å²) in [6, 6.07) is 21.4. The van der Waals surface area contributed by atoms with Crippen LogP contribution in [0.5, 0.6) is 11.5 Å². The molecule has 3 aromatic carbocycles. The molecule has 39 heavy (non-hydrogen) atoms. The van der Waals surface area contributed by atoms with Gasteiger partial charge in [0, 0.05) is 18.8 Å². The van der Waals surface area contributed by atoms with Crippen LogP contribution in [-0.2, 0) is 6.61 Å². The summed E-state index contributed by atoms with van der Waals surface area (Å²) in [7, 11) is 1.58. The third kappa shape index (κ3) is 7.19. The average Bonchev–Trinajstić information content (AvgIpc) is 2.98. The SMILES string of the molecule is COc1cc(/C=N/Nc2nc(Nc3ccccc3)nc(N3CCCCC3)n2)ccc1OCc1ccc(F)cc1. The van der Waals surface area contributed by atoms with Crippen LogP contribution >= 0.6 is 0 Å². The third-order valence-electron chi connectivity index (χ3n) is 6.17. The van der Waals surface area contributed by atoms with E-state index in [1.807, 2.05) is 48.5 Å². The summed E-state index contributed by atoms with van der Waals surface area (Å²) in [6.45, 7) is 2.11. The van der Waals surface area contributed by atoms with Crippen LogP contribution in [0.2, 0.25) is 0 Å². The second-order valence-electron chi connectivity index (χ2n) is 9.02. The maximum atomic E-state index is 13.1. The lowest BCUT2D eigenvalue weighted by atomic mass is 10.1. The summed E-state index contributed by atoms with van der Waals surface area (Å²) >= 11 is 0. The number of rotatable bonds is 10. The molecule has 0 spiro atoms. The standard InChI is InChI=1S/C29H30FN7O2/c1-38-26-18-22(12-15-25(26)39-20-21-10-13-23(30)14-11-21)19-31-36-28-33-27(32-24-8-4-2-5-9-24)34-29(35-28)37-16-6-3-7-17-37/h2,4-5,8-15,18-19H,3,6-7,16-17,20H2,1H3,(H2,32,33,34,35,36)/b31-19+. The molecule has 9 nitrogen and oxygen atoms in total. The average molecular weight is 528 g/mol. The van der Waals surface area contributed by atoms with Crippen LogP contribution in [-0.4, -0.2) is 41.4 Å². The number of nitrogens with zero attached hydrogens (tertiary/aromatic N) is 5. The van der Waals surface area contributed by atoms with E-state index in [0.29, 0.717) is 36.0 Å². The highest BCUT2D eigenvalue weighted by molar-refractivity contribution is 5.81. The molecule has 0 radical (unpaired) electrons. The van der Waals surface area contributed by atoms with E-state index in [9.17, 15) is 4.39 Å². The number of halogens is 1. The van der Waals surface area contributed by atoms with Crippen molar-refractivity contribution in [3.8, 4) is 11.5 Å². The number of nitrogens with one attached hydrogen (secondary N) is 2. The number of hydrogen-bond donors (Lipinski definition) is 2. The Morgan fingerprint density at radius 1 is 0.897 bits per heavy atom. The van der Waals surface area contributed by atoms with Crippen molar-refractivity contribution in [2.45, 2.75) is 25.9 Å². The molecule has 0 atom stereocenters. The zero-order chi connectivity index (χ0) is 26.9. The molecular weight excluding hydrogens is 497 g/mol. The fourth-order valence-corrected chi connectivity index (χ4v) is 4.15. The topological polar surface area (TPSA) is 96.8 Å². The third-order valence-corrected chi connectivity index (χ3v) is 6.17. The fourth-order valence-electron chi connectivity index (χ4n) is 4.15. The molecule has 1 fully saturated rings. The highest BCUT2D eigenvalue weighted by atomic mass is 19.1. The van der Waals surface area contributed by atoms with Crippen molar-refractivity contribution in [1.29, 1.82) is 0 Å². The second kappa shape index (κ2) is 12.7. The molecular formula is C29H30FN7O2. The zero-order valence-electron chi connectivity index (χ0n) is 21.7. The summed E-state index contributed by atoms with van der Waals surface area (Å²) in [5.74, 6) is 2.25. The van der Waals surface area contributed by atoms with E-state index in [1.54, 1.807) is 25.5 Å². The van der Waals surface area contributed by atoms with Gasteiger partial charge in [-0.25, -0.2) is 9.82 Å². The smallest absolute Gasteiger partial charge is 0.250 e. The molecule has 0 unspecified atom stereocenters. The number of anilines is 4. The van der Waals surface area contributed by atoms with Gasteiger partial charge in [-0.05, 0) is 72.9 Å². The highest BCUT2D eigenvalue weighted by Crippen LogP contribution is 2.28. The lowest BCUT2D eigenvalue weighted by molar-refractivity contribution is 0.284. The Morgan fingerprint density at radius 2 is 1.67 bits per heavy atom. The number of ether oxygens (including phenoxy) is 2. The number of benzene rings is 3. The van der Waals surface area contributed by atoms with Gasteiger partial charge >= 0.3 is 0 Å². The van der Waals surface area contributed by atoms with Gasteiger partial charge < -0.3 is 19.7 Å². The molecule has 2 N–H and O–H groups in total. The Labute approximate surface area is 226 Å². The summed E-state index contributed by atoms with van der Waals surface area (Å²) in [4.78, 5) is 15.9. The Hall–Kier alpha value is -4.73. The van der Waals surface area contributed by atoms with Gasteiger partial charge in [0.25, 0.3) is 0 Å². The largest absolute Gasteiger partial charge is 0.493 e. The monoisotopic (exact) mass is 527 g/mol. The van der Waals surface area contributed by atoms with Crippen molar-refractivity contribution in [2.24, 2.45) is 5.10 Å². The van der Waals surface area contributed by atoms with Gasteiger partial charge in [0.05, 0.1) is 13.3 Å². The maximum Gasteiger partial charge on any atom is 0.250 e. The predicted molar refractivity (Wildman–Crippen MR) is 151 cm³/mol. The van der Waals surface area contributed by atoms with Crippen molar-refractivity contribution in [3.63, 3.8) is 0 Å². The van der Waals surface area contributed by atoms with E-state index in [-0.39, 0.29) is 5.82 Å². The molecule has 1 aromatic heterocycles. The first-order valence-corrected chi connectivity index (χ1v) is 12.8. The lowest BCUT2D eigenvalue weighted by Crippen LogP contribution is -2.31. The minimum atomic E-state index is -0.280. The van der Waals surface area contributed by atoms with Crippen LogP contribution < -0.4 is 25.1 Å². The number of aromatic nitrogens is 3. The molecule has 0 bridgehead atoms. The van der Waals surface area contributed by atoms with Crippen LogP contribution in [0.25, 0.3) is 0 Å². The van der Waals surface area contributed by atoms with Crippen molar-refractivity contribution in [1.82, 2.24) is 15.0 Å². The summed E-state index contributed by atoms with van der Waals surface area (Å²) in [5.41, 5.74) is 5.48. The Bertz CT molecular complexity index is 1390. The molecule has 4 aromatic rings. The zero-order valence-corrected chi connectivity index (χ0v) is 21.7. The van der Waals surface area contributed by atoms with E-state index >= 15 is 0 Å². The van der Waals surface area contributed by atoms with E-state index in [1.165, 1.54) is 18.6 Å². The van der Waals surface area contributed by atoms with E-state index in [2.05, 4.69) is 35.7 Å². The number of hydrogen-bond acceptors (Lipinski definition) is 9. The van der Waals surface area contributed by atoms with Crippen molar-refractivity contribution < 1.29 is 13.9 Å². The van der Waals surface area contributed by atoms with Crippen molar-refractivity contribution >= 4 is 29.7 Å². The Morgan fingerprint density at radius 3 is 2.44 bits per heavy atom. The molecule has 0 saturated carbocycles. The Kier molecular flexibility index (Phi) is 8.42. The molecule has 1 aliphatic rings. The van der Waals surface area contributed by atoms with Crippen LogP contribution in [0.4, 0.5) is 27.9 Å². The summed E-state index contributed by atoms with van der Waals surface area (Å²) < 4.78 is 24.5. The van der Waals surface area contributed by atoms with Crippen LogP contribution in [0.1, 0.15) is 30.4 Å². The van der Waals surface area contributed by atoms with Gasteiger partial charge in [0.2, 0.25) is 17.8 Å². The first-order chi connectivity index (χ1) is 19.2. The van der Waals surface area contributed by atoms with Gasteiger partial charge in [0.15, 0.2) is 11.5 Å². The molecule has 1 aliphatic heterocycles. The maximum absolute atomic E-state index is 13.1. The first-order valence-electron chi connectivity index (χ1n) is 12.8. The second-order valence-corrected chi connectivity index (χ2v) is 9.02. The van der Waals surface area contributed by atoms with E-state index < -0.39 is 0 Å². The predicted octanol–water partition coefficient (Wildman–Crippen LogP) is 5.78. The molecule has 5 rings (SSSR count). The van der Waals surface area contributed by atoms with Gasteiger partial charge in [0.1, 0.15) is 12.4 Å². The minimum Gasteiger partial charge on any atom is -0.493 e. The Balaban J connectivity index is 1.28. The van der Waals surface area contributed by atoms with E-state index in [4.69, 9.17) is 9.47 Å². The minimum absolute atomic E-state index is 0.280. The normalized spacial score (nSPS) is 13.3. The van der Waals surface area contributed by atoms with Gasteiger partial charge in [-0.2, -0.15) is 20.1 Å². The van der Waals surface area contributed by atoms with Crippen LogP contribution in [0.15, 0.2) is 77.9 Å². The summed E-state index contributed by atoms with van der Waals surface area (Å²) in [6.07, 6.45) is 5.09. The van der Waals surface area contributed by atoms with Crippen molar-refractivity contribution in [2.75, 3.05) is 35.8 Å². The van der Waals surface area contributed by atoms with Gasteiger partial charge in [-0.15, -0.1) is 0 Å². The van der Waals surface area contributed by atoms with Crippen molar-refractivity contribution in [3.05, 3.63) is 89.7 Å². The first kappa shape index (κ1) is 25.9. The summed E-state index contributed by atoms with van der Waals surface area (Å²) in [5, 5.41) is 7.60. The number of piperidine rings is 1. The van der Waals surface area contributed by atoms with Gasteiger partial charge in [-0.1, -0.05) is 30.3 Å². The number of methoxy groups -OCH3 is 1. The highest BCUT2D eigenvalue weighted by Gasteiger charge is 2.16. The molecule has 2 heterocycles.